The highest BCUT2D eigenvalue weighted by Gasteiger charge is 2.43. The van der Waals surface area contributed by atoms with Crippen LogP contribution in [0.1, 0.15) is 12.0 Å². The van der Waals surface area contributed by atoms with E-state index in [4.69, 9.17) is 0 Å². The van der Waals surface area contributed by atoms with Crippen LogP contribution in [0.5, 0.6) is 0 Å². The third-order valence-corrected chi connectivity index (χ3v) is 5.36. The maximum atomic E-state index is 12.4. The average Bonchev–Trinajstić information content (AvgIpc) is 2.94. The molecule has 0 spiro atoms. The monoisotopic (exact) mass is 366 g/mol. The third kappa shape index (κ3) is 4.54. The second-order valence-corrected chi connectivity index (χ2v) is 7.01. The topological polar surface area (TPSA) is 79.3 Å². The number of halogens is 3. The van der Waals surface area contributed by atoms with Gasteiger partial charge in [0.25, 0.3) is 0 Å². The van der Waals surface area contributed by atoms with Crippen molar-refractivity contribution in [1.29, 1.82) is 0 Å². The number of aromatic nitrogens is 1. The molecule has 1 atom stereocenters. The molecule has 1 aromatic rings. The molecular formula is C13H13F3N2O3S2. The molecule has 5 nitrogen and oxygen atoms in total. The lowest BCUT2D eigenvalue weighted by Crippen LogP contribution is -2.55. The maximum absolute atomic E-state index is 12.4. The van der Waals surface area contributed by atoms with E-state index in [2.05, 4.69) is 10.3 Å². The van der Waals surface area contributed by atoms with E-state index in [9.17, 15) is 27.9 Å². The predicted molar refractivity (Wildman–Crippen MR) is 80.4 cm³/mol. The largest absolute Gasteiger partial charge is 0.479 e. The molecule has 2 heterocycles. The molecule has 1 aromatic heterocycles. The van der Waals surface area contributed by atoms with E-state index in [-0.39, 0.29) is 10.8 Å². The Balaban J connectivity index is 1.90. The fraction of sp³-hybridized carbons (Fsp3) is 0.462. The number of carboxylic acids is 1. The van der Waals surface area contributed by atoms with Gasteiger partial charge in [-0.25, -0.2) is 9.78 Å². The number of thioether (sulfide) groups is 2. The Morgan fingerprint density at radius 2 is 2.17 bits per heavy atom. The number of hydrogen-bond acceptors (Lipinski definition) is 5. The van der Waals surface area contributed by atoms with Gasteiger partial charge in [-0.05, 0) is 24.3 Å². The van der Waals surface area contributed by atoms with Gasteiger partial charge in [0.15, 0.2) is 0 Å². The molecule has 1 aliphatic heterocycles. The molecule has 0 aromatic carbocycles. The van der Waals surface area contributed by atoms with Gasteiger partial charge in [-0.1, -0.05) is 11.8 Å². The average molecular weight is 366 g/mol. The van der Waals surface area contributed by atoms with Gasteiger partial charge >= 0.3 is 12.1 Å². The van der Waals surface area contributed by atoms with Crippen LogP contribution >= 0.6 is 23.5 Å². The molecule has 126 valence electrons. The van der Waals surface area contributed by atoms with Gasteiger partial charge in [0.1, 0.15) is 5.54 Å². The summed E-state index contributed by atoms with van der Waals surface area (Å²) in [6.45, 7) is 0. The zero-order valence-electron chi connectivity index (χ0n) is 11.7. The minimum atomic E-state index is -4.46. The predicted octanol–water partition coefficient (Wildman–Crippen LogP) is 2.27. The number of carbonyl (C=O) groups is 2. The highest BCUT2D eigenvalue weighted by atomic mass is 32.2. The van der Waals surface area contributed by atoms with E-state index in [1.54, 1.807) is 0 Å². The molecule has 0 bridgehead atoms. The van der Waals surface area contributed by atoms with Gasteiger partial charge in [0.05, 0.1) is 16.3 Å². The van der Waals surface area contributed by atoms with E-state index in [1.165, 1.54) is 17.8 Å². The first-order chi connectivity index (χ1) is 10.7. The van der Waals surface area contributed by atoms with E-state index in [1.807, 2.05) is 0 Å². The summed E-state index contributed by atoms with van der Waals surface area (Å²) >= 11 is 2.40. The van der Waals surface area contributed by atoms with Crippen molar-refractivity contribution < 1.29 is 27.9 Å². The van der Waals surface area contributed by atoms with Crippen molar-refractivity contribution in [3.8, 4) is 0 Å². The molecule has 0 radical (unpaired) electrons. The Hall–Kier alpha value is -1.42. The van der Waals surface area contributed by atoms with Crippen LogP contribution in [0.2, 0.25) is 0 Å². The van der Waals surface area contributed by atoms with Gasteiger partial charge < -0.3 is 10.4 Å². The Morgan fingerprint density at radius 1 is 1.43 bits per heavy atom. The fourth-order valence-electron chi connectivity index (χ4n) is 1.96. The van der Waals surface area contributed by atoms with Crippen LogP contribution in [0, 0.1) is 0 Å². The number of amides is 1. The number of alkyl halides is 3. The molecule has 10 heteroatoms. The first kappa shape index (κ1) is 17.9. The molecular weight excluding hydrogens is 353 g/mol. The summed E-state index contributed by atoms with van der Waals surface area (Å²) in [4.78, 5) is 26.9. The number of aliphatic carboxylic acids is 1. The molecule has 23 heavy (non-hydrogen) atoms. The Kier molecular flexibility index (Phi) is 5.45. The zero-order chi connectivity index (χ0) is 17.1. The number of rotatable bonds is 5. The van der Waals surface area contributed by atoms with Crippen LogP contribution in [0.4, 0.5) is 13.2 Å². The van der Waals surface area contributed by atoms with Crippen molar-refractivity contribution in [2.45, 2.75) is 23.2 Å². The highest BCUT2D eigenvalue weighted by Crippen LogP contribution is 2.30. The van der Waals surface area contributed by atoms with Gasteiger partial charge in [-0.3, -0.25) is 4.79 Å². The number of nitrogens with zero attached hydrogens (tertiary/aromatic N) is 1. The lowest BCUT2D eigenvalue weighted by Gasteiger charge is -2.24. The van der Waals surface area contributed by atoms with Crippen LogP contribution < -0.4 is 5.32 Å². The number of carboxylic acid groups (broad SMARTS) is 1. The lowest BCUT2D eigenvalue weighted by atomic mass is 9.99. The number of carbonyl (C=O) groups excluding carboxylic acids is 1. The summed E-state index contributed by atoms with van der Waals surface area (Å²) in [5.41, 5.74) is -2.12. The minimum absolute atomic E-state index is 0.113. The first-order valence-corrected chi connectivity index (χ1v) is 8.65. The normalized spacial score (nSPS) is 21.2. The Labute approximate surface area is 138 Å². The number of nitrogens with one attached hydrogen (secondary N) is 1. The summed E-state index contributed by atoms with van der Waals surface area (Å²) in [7, 11) is 0. The van der Waals surface area contributed by atoms with Crippen LogP contribution in [-0.2, 0) is 15.8 Å². The molecule has 1 amide bonds. The number of hydrogen-bond donors (Lipinski definition) is 2. The zero-order valence-corrected chi connectivity index (χ0v) is 13.4. The molecule has 2 N–H and O–H groups in total. The summed E-state index contributed by atoms with van der Waals surface area (Å²) in [6, 6.07) is 2.07. The van der Waals surface area contributed by atoms with Crippen molar-refractivity contribution >= 4 is 35.4 Å². The van der Waals surface area contributed by atoms with Gasteiger partial charge in [-0.15, -0.1) is 0 Å². The molecule has 1 saturated heterocycles. The lowest BCUT2D eigenvalue weighted by molar-refractivity contribution is -0.146. The Morgan fingerprint density at radius 3 is 2.65 bits per heavy atom. The quantitative estimate of drug-likeness (QED) is 0.779. The third-order valence-electron chi connectivity index (χ3n) is 3.22. The van der Waals surface area contributed by atoms with E-state index in [0.717, 1.165) is 17.8 Å². The summed E-state index contributed by atoms with van der Waals surface area (Å²) in [6.07, 6.45) is -3.41. The van der Waals surface area contributed by atoms with Crippen LogP contribution in [-0.4, -0.2) is 44.8 Å². The van der Waals surface area contributed by atoms with Crippen molar-refractivity contribution in [3.05, 3.63) is 23.9 Å². The van der Waals surface area contributed by atoms with Crippen molar-refractivity contribution in [2.24, 2.45) is 0 Å². The molecule has 1 unspecified atom stereocenters. The molecule has 0 saturated carbocycles. The van der Waals surface area contributed by atoms with Crippen LogP contribution in [0.25, 0.3) is 0 Å². The fourth-order valence-corrected chi connectivity index (χ4v) is 3.93. The van der Waals surface area contributed by atoms with E-state index in [0.29, 0.717) is 24.1 Å². The smallest absolute Gasteiger partial charge is 0.417 e. The Bertz CT molecular complexity index is 587. The van der Waals surface area contributed by atoms with Gasteiger partial charge in [0.2, 0.25) is 5.91 Å². The number of pyridine rings is 1. The highest BCUT2D eigenvalue weighted by molar-refractivity contribution is 8.00. The van der Waals surface area contributed by atoms with Crippen LogP contribution in [0.3, 0.4) is 0 Å². The molecule has 1 aliphatic rings. The van der Waals surface area contributed by atoms with Crippen LogP contribution in [0.15, 0.2) is 23.4 Å². The van der Waals surface area contributed by atoms with Crippen molar-refractivity contribution in [1.82, 2.24) is 10.3 Å². The molecule has 0 aliphatic carbocycles. The summed E-state index contributed by atoms with van der Waals surface area (Å²) in [5, 5.41) is 12.0. The maximum Gasteiger partial charge on any atom is 0.417 e. The van der Waals surface area contributed by atoms with Crippen molar-refractivity contribution in [3.63, 3.8) is 0 Å². The van der Waals surface area contributed by atoms with Crippen molar-refractivity contribution in [2.75, 3.05) is 17.3 Å². The van der Waals surface area contributed by atoms with Gasteiger partial charge in [0, 0.05) is 11.9 Å². The minimum Gasteiger partial charge on any atom is -0.479 e. The van der Waals surface area contributed by atoms with E-state index >= 15 is 0 Å². The van der Waals surface area contributed by atoms with E-state index < -0.39 is 29.2 Å². The summed E-state index contributed by atoms with van der Waals surface area (Å²) in [5.74, 6) is -0.717. The molecule has 2 rings (SSSR count). The van der Waals surface area contributed by atoms with Gasteiger partial charge in [-0.2, -0.15) is 24.9 Å². The summed E-state index contributed by atoms with van der Waals surface area (Å²) < 4.78 is 37.2. The SMILES string of the molecule is O=C(CSc1ccc(C(F)(F)F)cn1)NC1(C(=O)O)CCSC1. The second-order valence-electron chi connectivity index (χ2n) is 4.91. The standard InChI is InChI=1S/C13H13F3N2O3S2/c14-13(15,16)8-1-2-10(17-5-8)23-6-9(19)18-12(11(20)21)3-4-22-7-12/h1-2,5H,3-4,6-7H2,(H,18,19)(H,20,21). The second kappa shape index (κ2) is 7.00. The first-order valence-electron chi connectivity index (χ1n) is 6.51. The molecule has 1 fully saturated rings.